The summed E-state index contributed by atoms with van der Waals surface area (Å²) in [6.45, 7) is 5.58. The van der Waals surface area contributed by atoms with Crippen LogP contribution in [0.1, 0.15) is 48.3 Å². The predicted molar refractivity (Wildman–Crippen MR) is 79.0 cm³/mol. The molecule has 2 atom stereocenters. The van der Waals surface area contributed by atoms with Crippen LogP contribution in [0.2, 0.25) is 0 Å². The van der Waals surface area contributed by atoms with Gasteiger partial charge in [-0.05, 0) is 80.7 Å². The van der Waals surface area contributed by atoms with Crippen LogP contribution < -0.4 is 10.1 Å². The van der Waals surface area contributed by atoms with Crippen LogP contribution in [0.5, 0.6) is 5.75 Å². The van der Waals surface area contributed by atoms with Crippen LogP contribution in [0.15, 0.2) is 12.1 Å². The van der Waals surface area contributed by atoms with Gasteiger partial charge in [0.2, 0.25) is 0 Å². The van der Waals surface area contributed by atoms with Crippen molar-refractivity contribution >= 4 is 0 Å². The molecular weight excluding hydrogens is 234 g/mol. The van der Waals surface area contributed by atoms with E-state index >= 15 is 0 Å². The second-order valence-corrected chi connectivity index (χ2v) is 6.30. The Morgan fingerprint density at radius 3 is 2.47 bits per heavy atom. The fraction of sp³-hybridized carbons (Fsp3) is 0.647. The Bertz CT molecular complexity index is 465. The fourth-order valence-electron chi connectivity index (χ4n) is 3.26. The Kier molecular flexibility index (Phi) is 3.53. The first-order valence-electron chi connectivity index (χ1n) is 7.57. The molecule has 1 aromatic carbocycles. The van der Waals surface area contributed by atoms with Gasteiger partial charge in [0, 0.05) is 6.04 Å². The summed E-state index contributed by atoms with van der Waals surface area (Å²) in [4.78, 5) is 0. The molecule has 0 saturated heterocycles. The first-order valence-corrected chi connectivity index (χ1v) is 7.57. The molecule has 104 valence electrons. The minimum absolute atomic E-state index is 0.760. The second kappa shape index (κ2) is 5.16. The zero-order valence-electron chi connectivity index (χ0n) is 12.3. The maximum atomic E-state index is 5.41. The Labute approximate surface area is 116 Å². The number of benzene rings is 1. The average Bonchev–Trinajstić information content (AvgIpc) is 3.16. The summed E-state index contributed by atoms with van der Waals surface area (Å²) in [7, 11) is 1.76. The van der Waals surface area contributed by atoms with E-state index in [0.29, 0.717) is 0 Å². The molecule has 0 bridgehead atoms. The Hall–Kier alpha value is -1.02. The van der Waals surface area contributed by atoms with E-state index < -0.39 is 0 Å². The smallest absolute Gasteiger partial charge is 0.122 e. The van der Waals surface area contributed by atoms with Crippen LogP contribution in [0, 0.1) is 19.8 Å². The third-order valence-corrected chi connectivity index (χ3v) is 4.85. The molecule has 0 heterocycles. The van der Waals surface area contributed by atoms with Crippen molar-refractivity contribution in [3.8, 4) is 5.75 Å². The molecule has 2 aliphatic rings. The minimum atomic E-state index is 0.760. The lowest BCUT2D eigenvalue weighted by molar-refractivity contribution is 0.244. The molecule has 2 nitrogen and oxygen atoms in total. The third-order valence-electron chi connectivity index (χ3n) is 4.85. The Balaban J connectivity index is 1.72. The van der Waals surface area contributed by atoms with Gasteiger partial charge >= 0.3 is 0 Å². The molecule has 0 amide bonds. The van der Waals surface area contributed by atoms with Gasteiger partial charge < -0.3 is 10.1 Å². The molecule has 1 aromatic rings. The molecule has 1 N–H and O–H groups in total. The molecule has 2 unspecified atom stereocenters. The second-order valence-electron chi connectivity index (χ2n) is 6.30. The SMILES string of the molecule is COc1cc(C)c(C2CCC2CNC2CC2)cc1C. The van der Waals surface area contributed by atoms with E-state index in [9.17, 15) is 0 Å². The zero-order chi connectivity index (χ0) is 13.4. The van der Waals surface area contributed by atoms with Crippen molar-refractivity contribution in [3.63, 3.8) is 0 Å². The summed E-state index contributed by atoms with van der Waals surface area (Å²) in [5.74, 6) is 2.62. The molecule has 2 saturated carbocycles. The van der Waals surface area contributed by atoms with Crippen LogP contribution in [0.4, 0.5) is 0 Å². The molecule has 0 aliphatic heterocycles. The third kappa shape index (κ3) is 2.64. The van der Waals surface area contributed by atoms with Gasteiger partial charge in [-0.25, -0.2) is 0 Å². The highest BCUT2D eigenvalue weighted by Gasteiger charge is 2.34. The number of hydrogen-bond acceptors (Lipinski definition) is 2. The van der Waals surface area contributed by atoms with Crippen molar-refractivity contribution < 1.29 is 4.74 Å². The maximum absolute atomic E-state index is 5.41. The van der Waals surface area contributed by atoms with E-state index in [1.807, 2.05) is 0 Å². The quantitative estimate of drug-likeness (QED) is 0.873. The molecule has 0 aromatic heterocycles. The summed E-state index contributed by atoms with van der Waals surface area (Å²) >= 11 is 0. The van der Waals surface area contributed by atoms with Crippen molar-refractivity contribution in [2.24, 2.45) is 5.92 Å². The maximum Gasteiger partial charge on any atom is 0.122 e. The number of nitrogens with one attached hydrogen (secondary N) is 1. The number of ether oxygens (including phenoxy) is 1. The summed E-state index contributed by atoms with van der Waals surface area (Å²) in [5, 5.41) is 3.69. The van der Waals surface area contributed by atoms with Gasteiger partial charge in [0.1, 0.15) is 5.75 Å². The van der Waals surface area contributed by atoms with Crippen molar-refractivity contribution in [1.29, 1.82) is 0 Å². The number of aryl methyl sites for hydroxylation is 2. The van der Waals surface area contributed by atoms with Gasteiger partial charge in [-0.1, -0.05) is 6.07 Å². The summed E-state index contributed by atoms with van der Waals surface area (Å²) in [6.07, 6.45) is 5.51. The van der Waals surface area contributed by atoms with Crippen molar-refractivity contribution in [3.05, 3.63) is 28.8 Å². The molecule has 2 aliphatic carbocycles. The van der Waals surface area contributed by atoms with Crippen LogP contribution in [-0.4, -0.2) is 19.7 Å². The van der Waals surface area contributed by atoms with Crippen LogP contribution in [0.3, 0.4) is 0 Å². The van der Waals surface area contributed by atoms with Gasteiger partial charge in [-0.2, -0.15) is 0 Å². The van der Waals surface area contributed by atoms with Gasteiger partial charge in [0.05, 0.1) is 7.11 Å². The first kappa shape index (κ1) is 13.0. The predicted octanol–water partition coefficient (Wildman–Crippen LogP) is 3.56. The summed E-state index contributed by atoms with van der Waals surface area (Å²) in [5.41, 5.74) is 4.21. The standard InChI is InChI=1S/C17H25NO/c1-11-9-17(19-3)12(2)8-16(11)15-7-4-13(15)10-18-14-5-6-14/h8-9,13-15,18H,4-7,10H2,1-3H3. The highest BCUT2D eigenvalue weighted by molar-refractivity contribution is 5.43. The number of hydrogen-bond donors (Lipinski definition) is 1. The van der Waals surface area contributed by atoms with E-state index in [4.69, 9.17) is 4.74 Å². The van der Waals surface area contributed by atoms with E-state index in [1.165, 1.54) is 43.4 Å². The number of methoxy groups -OCH3 is 1. The van der Waals surface area contributed by atoms with E-state index in [2.05, 4.69) is 31.3 Å². The summed E-state index contributed by atoms with van der Waals surface area (Å²) in [6, 6.07) is 5.39. The van der Waals surface area contributed by atoms with Crippen LogP contribution in [-0.2, 0) is 0 Å². The Morgan fingerprint density at radius 1 is 1.11 bits per heavy atom. The number of rotatable bonds is 5. The highest BCUT2D eigenvalue weighted by atomic mass is 16.5. The fourth-order valence-corrected chi connectivity index (χ4v) is 3.26. The Morgan fingerprint density at radius 2 is 1.89 bits per heavy atom. The van der Waals surface area contributed by atoms with Gasteiger partial charge in [-0.3, -0.25) is 0 Å². The molecule has 3 rings (SSSR count). The first-order chi connectivity index (χ1) is 9.19. The van der Waals surface area contributed by atoms with Gasteiger partial charge in [-0.15, -0.1) is 0 Å². The molecule has 2 heteroatoms. The monoisotopic (exact) mass is 259 g/mol. The lowest BCUT2D eigenvalue weighted by atomic mass is 9.68. The van der Waals surface area contributed by atoms with Crippen molar-refractivity contribution in [2.45, 2.75) is 51.5 Å². The van der Waals surface area contributed by atoms with Gasteiger partial charge in [0.15, 0.2) is 0 Å². The molecule has 2 fully saturated rings. The largest absolute Gasteiger partial charge is 0.496 e. The molecule has 0 radical (unpaired) electrons. The molecular formula is C17H25NO. The van der Waals surface area contributed by atoms with Crippen molar-refractivity contribution in [2.75, 3.05) is 13.7 Å². The zero-order valence-corrected chi connectivity index (χ0v) is 12.3. The van der Waals surface area contributed by atoms with Gasteiger partial charge in [0.25, 0.3) is 0 Å². The van der Waals surface area contributed by atoms with Crippen LogP contribution >= 0.6 is 0 Å². The highest BCUT2D eigenvalue weighted by Crippen LogP contribution is 2.44. The minimum Gasteiger partial charge on any atom is -0.496 e. The van der Waals surface area contributed by atoms with Crippen LogP contribution in [0.25, 0.3) is 0 Å². The normalized spacial score (nSPS) is 26.1. The summed E-state index contributed by atoms with van der Waals surface area (Å²) < 4.78 is 5.41. The van der Waals surface area contributed by atoms with E-state index in [0.717, 1.165) is 23.6 Å². The van der Waals surface area contributed by atoms with E-state index in [1.54, 1.807) is 12.7 Å². The molecule has 0 spiro atoms. The lowest BCUT2D eigenvalue weighted by Gasteiger charge is -2.38. The molecule has 19 heavy (non-hydrogen) atoms. The van der Waals surface area contributed by atoms with E-state index in [-0.39, 0.29) is 0 Å². The lowest BCUT2D eigenvalue weighted by Crippen LogP contribution is -2.35. The topological polar surface area (TPSA) is 21.3 Å². The average molecular weight is 259 g/mol. The van der Waals surface area contributed by atoms with Crippen molar-refractivity contribution in [1.82, 2.24) is 5.32 Å².